The molecule has 0 saturated carbocycles. The Kier molecular flexibility index (Phi) is 12.0. The number of nitrogens with one attached hydrogen (secondary N) is 2. The molecule has 8 heteroatoms. The predicted molar refractivity (Wildman–Crippen MR) is 170 cm³/mol. The van der Waals surface area contributed by atoms with Crippen molar-refractivity contribution >= 4 is 11.8 Å². The number of halogens is 2. The molecule has 6 nitrogen and oxygen atoms in total. The maximum absolute atomic E-state index is 14.0. The number of likely N-dealkylation sites (tertiary alicyclic amines) is 1. The van der Waals surface area contributed by atoms with Gasteiger partial charge in [0.05, 0.1) is 12.1 Å². The van der Waals surface area contributed by atoms with E-state index in [1.54, 1.807) is 18.2 Å². The maximum Gasteiger partial charge on any atom is 0.254 e. The molecule has 4 rings (SSSR count). The molecule has 0 bridgehead atoms. The molecule has 236 valence electrons. The topological polar surface area (TPSA) is 81.7 Å². The largest absolute Gasteiger partial charge is 0.390 e. The van der Waals surface area contributed by atoms with E-state index in [4.69, 9.17) is 0 Å². The number of nitrogens with zero attached hydrogens (tertiary/aromatic N) is 1. The lowest BCUT2D eigenvalue weighted by molar-refractivity contribution is 0.0600. The van der Waals surface area contributed by atoms with Gasteiger partial charge in [-0.1, -0.05) is 44.5 Å². The summed E-state index contributed by atoms with van der Waals surface area (Å²) in [6.07, 6.45) is 4.86. The SMILES string of the molecule is CCCC1CCCCN1C(=O)c1cc(C)cc(C(=O)N[C@@H](Cc2cc(F)cc(F)c2)[C@H](O)CNCc2cccc(CC)c2)c1. The zero-order valence-corrected chi connectivity index (χ0v) is 26.0. The van der Waals surface area contributed by atoms with Gasteiger partial charge in [0, 0.05) is 42.9 Å². The first-order valence-corrected chi connectivity index (χ1v) is 15.8. The second-order valence-electron chi connectivity index (χ2n) is 12.0. The predicted octanol–water partition coefficient (Wildman–Crippen LogP) is 6.12. The lowest BCUT2D eigenvalue weighted by atomic mass is 9.96. The van der Waals surface area contributed by atoms with E-state index in [1.807, 2.05) is 24.0 Å². The van der Waals surface area contributed by atoms with Crippen molar-refractivity contribution in [2.75, 3.05) is 13.1 Å². The van der Waals surface area contributed by atoms with Crippen LogP contribution >= 0.6 is 0 Å². The minimum atomic E-state index is -1.06. The van der Waals surface area contributed by atoms with Crippen LogP contribution in [-0.4, -0.2) is 53.1 Å². The van der Waals surface area contributed by atoms with Gasteiger partial charge in [0.2, 0.25) is 0 Å². The number of rotatable bonds is 13. The highest BCUT2D eigenvalue weighted by atomic mass is 19.1. The summed E-state index contributed by atoms with van der Waals surface area (Å²) in [4.78, 5) is 29.1. The van der Waals surface area contributed by atoms with Crippen LogP contribution in [0, 0.1) is 18.6 Å². The molecular weight excluding hydrogens is 560 g/mol. The van der Waals surface area contributed by atoms with Crippen LogP contribution in [0.15, 0.2) is 60.7 Å². The molecule has 0 aromatic heterocycles. The highest BCUT2D eigenvalue weighted by molar-refractivity contribution is 6.00. The fourth-order valence-electron chi connectivity index (χ4n) is 6.09. The Morgan fingerprint density at radius 3 is 2.41 bits per heavy atom. The Morgan fingerprint density at radius 1 is 0.955 bits per heavy atom. The Morgan fingerprint density at radius 2 is 1.68 bits per heavy atom. The molecule has 1 aliphatic heterocycles. The van der Waals surface area contributed by atoms with Crippen LogP contribution in [0.1, 0.15) is 88.9 Å². The molecular formula is C36H45F2N3O3. The van der Waals surface area contributed by atoms with E-state index in [1.165, 1.54) is 17.7 Å². The smallest absolute Gasteiger partial charge is 0.254 e. The summed E-state index contributed by atoms with van der Waals surface area (Å²) >= 11 is 0. The third kappa shape index (κ3) is 9.19. The molecule has 1 heterocycles. The van der Waals surface area contributed by atoms with Gasteiger partial charge in [0.15, 0.2) is 0 Å². The highest BCUT2D eigenvalue weighted by Gasteiger charge is 2.28. The van der Waals surface area contributed by atoms with Crippen molar-refractivity contribution in [1.29, 1.82) is 0 Å². The average Bonchev–Trinajstić information content (AvgIpc) is 3.00. The van der Waals surface area contributed by atoms with Crippen molar-refractivity contribution in [2.45, 2.75) is 90.4 Å². The number of amides is 2. The fraction of sp³-hybridized carbons (Fsp3) is 0.444. The van der Waals surface area contributed by atoms with Gasteiger partial charge in [0.25, 0.3) is 11.8 Å². The zero-order chi connectivity index (χ0) is 31.6. The average molecular weight is 606 g/mol. The molecule has 1 fully saturated rings. The summed E-state index contributed by atoms with van der Waals surface area (Å²) in [5.74, 6) is -2.00. The van der Waals surface area contributed by atoms with E-state index in [0.717, 1.165) is 55.7 Å². The second-order valence-corrected chi connectivity index (χ2v) is 12.0. The number of hydrogen-bond acceptors (Lipinski definition) is 4. The first-order chi connectivity index (χ1) is 21.2. The van der Waals surface area contributed by atoms with Crippen LogP contribution in [-0.2, 0) is 19.4 Å². The first-order valence-electron chi connectivity index (χ1n) is 15.8. The van der Waals surface area contributed by atoms with E-state index >= 15 is 0 Å². The van der Waals surface area contributed by atoms with Gasteiger partial charge >= 0.3 is 0 Å². The van der Waals surface area contributed by atoms with Gasteiger partial charge in [-0.3, -0.25) is 9.59 Å². The lowest BCUT2D eigenvalue weighted by Gasteiger charge is -2.36. The van der Waals surface area contributed by atoms with Crippen LogP contribution in [0.5, 0.6) is 0 Å². The fourth-order valence-corrected chi connectivity index (χ4v) is 6.09. The van der Waals surface area contributed by atoms with Gasteiger partial charge in [-0.2, -0.15) is 0 Å². The summed E-state index contributed by atoms with van der Waals surface area (Å²) in [6.45, 7) is 7.40. The Bertz CT molecular complexity index is 1410. The molecule has 44 heavy (non-hydrogen) atoms. The number of benzene rings is 3. The summed E-state index contributed by atoms with van der Waals surface area (Å²) in [5, 5.41) is 17.3. The van der Waals surface area contributed by atoms with E-state index in [9.17, 15) is 23.5 Å². The molecule has 0 spiro atoms. The minimum absolute atomic E-state index is 0.0126. The van der Waals surface area contributed by atoms with Crippen molar-refractivity contribution in [3.8, 4) is 0 Å². The maximum atomic E-state index is 14.0. The lowest BCUT2D eigenvalue weighted by Crippen LogP contribution is -2.48. The molecule has 3 aromatic carbocycles. The quantitative estimate of drug-likeness (QED) is 0.219. The van der Waals surface area contributed by atoms with Crippen LogP contribution in [0.25, 0.3) is 0 Å². The molecule has 3 aromatic rings. The van der Waals surface area contributed by atoms with E-state index < -0.39 is 29.7 Å². The number of piperidine rings is 1. The van der Waals surface area contributed by atoms with Crippen molar-refractivity contribution in [3.63, 3.8) is 0 Å². The summed E-state index contributed by atoms with van der Waals surface area (Å²) in [6, 6.07) is 15.8. The molecule has 0 aliphatic carbocycles. The molecule has 0 radical (unpaired) electrons. The summed E-state index contributed by atoms with van der Waals surface area (Å²) < 4.78 is 28.0. The monoisotopic (exact) mass is 605 g/mol. The van der Waals surface area contributed by atoms with Gasteiger partial charge in [-0.05, 0) is 98.0 Å². The number of aryl methyl sites for hydroxylation is 2. The highest BCUT2D eigenvalue weighted by Crippen LogP contribution is 2.24. The van der Waals surface area contributed by atoms with Crippen LogP contribution in [0.3, 0.4) is 0 Å². The molecule has 2 amide bonds. The summed E-state index contributed by atoms with van der Waals surface area (Å²) in [7, 11) is 0. The van der Waals surface area contributed by atoms with E-state index in [0.29, 0.717) is 29.8 Å². The Labute approximate surface area is 259 Å². The first kappa shape index (κ1) is 33.3. The minimum Gasteiger partial charge on any atom is -0.390 e. The van der Waals surface area contributed by atoms with Crippen LogP contribution in [0.4, 0.5) is 8.78 Å². The van der Waals surface area contributed by atoms with E-state index in [-0.39, 0.29) is 24.9 Å². The van der Waals surface area contributed by atoms with Gasteiger partial charge in [-0.15, -0.1) is 0 Å². The Balaban J connectivity index is 1.51. The third-order valence-electron chi connectivity index (χ3n) is 8.34. The molecule has 1 aliphatic rings. The summed E-state index contributed by atoms with van der Waals surface area (Å²) in [5.41, 5.74) is 4.11. The normalized spacial score (nSPS) is 16.4. The van der Waals surface area contributed by atoms with Gasteiger partial charge in [0.1, 0.15) is 11.6 Å². The standard InChI is InChI=1S/C36H45F2N3O3/c1-4-9-32-12-6-7-13-41(32)36(44)29-15-24(3)14-28(20-29)35(43)40-33(19-27-17-30(37)21-31(38)18-27)34(42)23-39-22-26-11-8-10-25(5-2)16-26/h8,10-11,14-18,20-21,32-34,39,42H,4-7,9,12-13,19,22-23H2,1-3H3,(H,40,43)/t32?,33-,34+/m0/s1. The molecule has 3 atom stereocenters. The van der Waals surface area contributed by atoms with Crippen molar-refractivity contribution in [1.82, 2.24) is 15.5 Å². The second kappa shape index (κ2) is 15.9. The van der Waals surface area contributed by atoms with Gasteiger partial charge < -0.3 is 20.6 Å². The van der Waals surface area contributed by atoms with Crippen LogP contribution in [0.2, 0.25) is 0 Å². The Hall–Kier alpha value is -3.62. The number of aliphatic hydroxyl groups is 1. The molecule has 3 N–H and O–H groups in total. The molecule has 1 unspecified atom stereocenters. The van der Waals surface area contributed by atoms with Gasteiger partial charge in [-0.25, -0.2) is 8.78 Å². The van der Waals surface area contributed by atoms with Crippen molar-refractivity contribution < 1.29 is 23.5 Å². The van der Waals surface area contributed by atoms with Crippen LogP contribution < -0.4 is 10.6 Å². The number of carbonyl (C=O) groups is 2. The molecule has 1 saturated heterocycles. The van der Waals surface area contributed by atoms with Crippen molar-refractivity contribution in [2.24, 2.45) is 0 Å². The number of aliphatic hydroxyl groups excluding tert-OH is 1. The number of carbonyl (C=O) groups excluding carboxylic acids is 2. The zero-order valence-electron chi connectivity index (χ0n) is 26.0. The van der Waals surface area contributed by atoms with Crippen molar-refractivity contribution in [3.05, 3.63) is 106 Å². The number of hydrogen-bond donors (Lipinski definition) is 3. The third-order valence-corrected chi connectivity index (χ3v) is 8.34. The van der Waals surface area contributed by atoms with E-state index in [2.05, 4.69) is 36.6 Å².